The lowest BCUT2D eigenvalue weighted by Crippen LogP contribution is -2.41. The first-order chi connectivity index (χ1) is 7.97. The summed E-state index contributed by atoms with van der Waals surface area (Å²) in [5, 5.41) is 5.50. The van der Waals surface area contributed by atoms with Crippen molar-refractivity contribution in [3.63, 3.8) is 0 Å². The number of nitrogens with one attached hydrogen (secondary N) is 2. The van der Waals surface area contributed by atoms with Gasteiger partial charge in [-0.3, -0.25) is 4.79 Å². The van der Waals surface area contributed by atoms with Crippen molar-refractivity contribution in [1.29, 1.82) is 0 Å². The molecule has 0 saturated carbocycles. The zero-order chi connectivity index (χ0) is 12.7. The predicted octanol–water partition coefficient (Wildman–Crippen LogP) is 1.16. The Morgan fingerprint density at radius 2 is 2.22 bits per heavy atom. The van der Waals surface area contributed by atoms with Crippen molar-refractivity contribution >= 4 is 30.1 Å². The van der Waals surface area contributed by atoms with E-state index < -0.39 is 5.51 Å². The molecule has 1 rings (SSSR count). The Kier molecular flexibility index (Phi) is 8.75. The number of carbonyl (C=O) groups is 1. The molecule has 9 heteroatoms. The summed E-state index contributed by atoms with van der Waals surface area (Å²) >= 11 is -0.137. The van der Waals surface area contributed by atoms with Gasteiger partial charge in [0.2, 0.25) is 5.91 Å². The van der Waals surface area contributed by atoms with Crippen LogP contribution in [0.1, 0.15) is 6.42 Å². The molecule has 0 radical (unpaired) electrons. The summed E-state index contributed by atoms with van der Waals surface area (Å²) in [5.74, 6) is -0.444. The predicted molar refractivity (Wildman–Crippen MR) is 66.0 cm³/mol. The van der Waals surface area contributed by atoms with Gasteiger partial charge in [-0.05, 0) is 11.8 Å². The second kappa shape index (κ2) is 8.84. The van der Waals surface area contributed by atoms with E-state index in [0.717, 1.165) is 6.54 Å². The minimum absolute atomic E-state index is 0. The van der Waals surface area contributed by atoms with E-state index in [4.69, 9.17) is 4.74 Å². The lowest BCUT2D eigenvalue weighted by molar-refractivity contribution is -0.124. The molecule has 0 aromatic rings. The number of carbonyl (C=O) groups excluding carboxylic acids is 1. The summed E-state index contributed by atoms with van der Waals surface area (Å²) in [6.45, 7) is 1.94. The van der Waals surface area contributed by atoms with E-state index in [-0.39, 0.29) is 54.9 Å². The van der Waals surface area contributed by atoms with Gasteiger partial charge in [0.25, 0.3) is 0 Å². The summed E-state index contributed by atoms with van der Waals surface area (Å²) in [4.78, 5) is 11.3. The molecule has 1 saturated heterocycles. The van der Waals surface area contributed by atoms with Crippen molar-refractivity contribution in [2.24, 2.45) is 0 Å². The Labute approximate surface area is 114 Å². The molecule has 18 heavy (non-hydrogen) atoms. The molecule has 1 fully saturated rings. The number of rotatable bonds is 5. The second-order valence-electron chi connectivity index (χ2n) is 3.55. The van der Waals surface area contributed by atoms with Crippen molar-refractivity contribution in [2.75, 3.05) is 32.0 Å². The van der Waals surface area contributed by atoms with Crippen molar-refractivity contribution in [3.8, 4) is 0 Å². The van der Waals surface area contributed by atoms with Gasteiger partial charge in [-0.15, -0.1) is 12.4 Å². The van der Waals surface area contributed by atoms with Crippen LogP contribution in [-0.4, -0.2) is 49.5 Å². The van der Waals surface area contributed by atoms with Gasteiger partial charge < -0.3 is 15.4 Å². The van der Waals surface area contributed by atoms with Crippen LogP contribution < -0.4 is 10.6 Å². The van der Waals surface area contributed by atoms with Gasteiger partial charge in [-0.1, -0.05) is 0 Å². The number of halogens is 4. The van der Waals surface area contributed by atoms with Crippen molar-refractivity contribution < 1.29 is 22.7 Å². The highest BCUT2D eigenvalue weighted by atomic mass is 35.5. The van der Waals surface area contributed by atoms with Gasteiger partial charge in [0.15, 0.2) is 0 Å². The van der Waals surface area contributed by atoms with E-state index in [1.807, 2.05) is 0 Å². The molecular weight excluding hydrogens is 293 g/mol. The maximum atomic E-state index is 11.8. The van der Waals surface area contributed by atoms with Gasteiger partial charge in [0, 0.05) is 25.4 Å². The Bertz CT molecular complexity index is 250. The topological polar surface area (TPSA) is 50.4 Å². The maximum Gasteiger partial charge on any atom is 0.441 e. The molecule has 1 aliphatic heterocycles. The molecule has 1 heterocycles. The number of alkyl halides is 3. The first-order valence-corrected chi connectivity index (χ1v) is 6.25. The van der Waals surface area contributed by atoms with Crippen LogP contribution in [0.4, 0.5) is 13.2 Å². The minimum Gasteiger partial charge on any atom is -0.375 e. The van der Waals surface area contributed by atoms with Crippen molar-refractivity contribution in [1.82, 2.24) is 10.6 Å². The minimum atomic E-state index is -4.23. The Morgan fingerprint density at radius 1 is 1.50 bits per heavy atom. The number of hydrogen-bond acceptors (Lipinski definition) is 4. The molecule has 1 unspecified atom stereocenters. The molecular formula is C9H16ClF3N2O2S. The summed E-state index contributed by atoms with van der Waals surface area (Å²) < 4.78 is 40.6. The molecule has 1 aliphatic rings. The first-order valence-electron chi connectivity index (χ1n) is 5.27. The van der Waals surface area contributed by atoms with Gasteiger partial charge in [0.1, 0.15) is 0 Å². The van der Waals surface area contributed by atoms with E-state index in [0.29, 0.717) is 13.2 Å². The van der Waals surface area contributed by atoms with E-state index in [1.165, 1.54) is 0 Å². The Morgan fingerprint density at radius 3 is 2.78 bits per heavy atom. The van der Waals surface area contributed by atoms with E-state index >= 15 is 0 Å². The van der Waals surface area contributed by atoms with Crippen LogP contribution in [0, 0.1) is 0 Å². The van der Waals surface area contributed by atoms with Crippen LogP contribution >= 0.6 is 24.2 Å². The molecule has 0 aliphatic carbocycles. The normalized spacial score (nSPS) is 20.1. The fourth-order valence-corrected chi connectivity index (χ4v) is 1.82. The molecule has 108 valence electrons. The summed E-state index contributed by atoms with van der Waals surface area (Å²) in [6, 6.07) is 0. The number of amides is 1. The molecule has 4 nitrogen and oxygen atoms in total. The number of hydrogen-bond donors (Lipinski definition) is 2. The molecule has 1 amide bonds. The van der Waals surface area contributed by atoms with E-state index in [9.17, 15) is 18.0 Å². The third kappa shape index (κ3) is 8.84. The number of ether oxygens (including phenoxy) is 1. The average molecular weight is 309 g/mol. The van der Waals surface area contributed by atoms with Crippen LogP contribution in [0.15, 0.2) is 0 Å². The van der Waals surface area contributed by atoms with Gasteiger partial charge in [0.05, 0.1) is 19.1 Å². The smallest absolute Gasteiger partial charge is 0.375 e. The van der Waals surface area contributed by atoms with Crippen molar-refractivity contribution in [3.05, 3.63) is 0 Å². The number of thioether (sulfide) groups is 1. The first kappa shape index (κ1) is 17.8. The molecule has 0 spiro atoms. The van der Waals surface area contributed by atoms with Gasteiger partial charge in [-0.2, -0.15) is 13.2 Å². The quantitative estimate of drug-likeness (QED) is 0.748. The largest absolute Gasteiger partial charge is 0.441 e. The Balaban J connectivity index is 0.00000289. The lowest BCUT2D eigenvalue weighted by Gasteiger charge is -2.23. The highest BCUT2D eigenvalue weighted by Crippen LogP contribution is 2.29. The standard InChI is InChI=1S/C9H15F3N2O2S.ClH/c10-9(11,12)17-4-2-14-8(15)5-7-6-13-1-3-16-7;/h7,13H,1-6H2,(H,14,15);1H. The average Bonchev–Trinajstić information content (AvgIpc) is 2.25. The van der Waals surface area contributed by atoms with Gasteiger partial charge in [-0.25, -0.2) is 0 Å². The lowest BCUT2D eigenvalue weighted by atomic mass is 10.2. The van der Waals surface area contributed by atoms with Crippen LogP contribution in [0.2, 0.25) is 0 Å². The number of morpholine rings is 1. The summed E-state index contributed by atoms with van der Waals surface area (Å²) in [7, 11) is 0. The van der Waals surface area contributed by atoms with E-state index in [2.05, 4.69) is 10.6 Å². The van der Waals surface area contributed by atoms with Crippen LogP contribution in [0.25, 0.3) is 0 Å². The second-order valence-corrected chi connectivity index (χ2v) is 4.71. The van der Waals surface area contributed by atoms with Crippen LogP contribution in [0.5, 0.6) is 0 Å². The molecule has 0 aromatic carbocycles. The Hall–Kier alpha value is -0.180. The SMILES string of the molecule is Cl.O=C(CC1CNCCO1)NCCSC(F)(F)F. The molecule has 1 atom stereocenters. The fourth-order valence-electron chi connectivity index (χ4n) is 1.39. The third-order valence-electron chi connectivity index (χ3n) is 2.11. The highest BCUT2D eigenvalue weighted by molar-refractivity contribution is 8.00. The summed E-state index contributed by atoms with van der Waals surface area (Å²) in [6.07, 6.45) is 0.00275. The maximum absolute atomic E-state index is 11.8. The zero-order valence-corrected chi connectivity index (χ0v) is 11.2. The zero-order valence-electron chi connectivity index (χ0n) is 9.59. The van der Waals surface area contributed by atoms with E-state index in [1.54, 1.807) is 0 Å². The van der Waals surface area contributed by atoms with Crippen LogP contribution in [-0.2, 0) is 9.53 Å². The monoisotopic (exact) mass is 308 g/mol. The highest BCUT2D eigenvalue weighted by Gasteiger charge is 2.27. The molecule has 0 aromatic heterocycles. The van der Waals surface area contributed by atoms with Crippen molar-refractivity contribution in [2.45, 2.75) is 18.0 Å². The summed E-state index contributed by atoms with van der Waals surface area (Å²) in [5.41, 5.74) is -4.23. The molecule has 0 bridgehead atoms. The third-order valence-corrected chi connectivity index (χ3v) is 2.84. The van der Waals surface area contributed by atoms with Crippen LogP contribution in [0.3, 0.4) is 0 Å². The molecule has 2 N–H and O–H groups in total. The van der Waals surface area contributed by atoms with Gasteiger partial charge >= 0.3 is 5.51 Å². The fraction of sp³-hybridized carbons (Fsp3) is 0.889.